The van der Waals surface area contributed by atoms with Crippen molar-refractivity contribution in [1.29, 1.82) is 0 Å². The van der Waals surface area contributed by atoms with Crippen molar-refractivity contribution in [2.75, 3.05) is 31.7 Å². The van der Waals surface area contributed by atoms with Gasteiger partial charge in [-0.3, -0.25) is 0 Å². The van der Waals surface area contributed by atoms with Gasteiger partial charge in [0, 0.05) is 20.6 Å². The van der Waals surface area contributed by atoms with Crippen LogP contribution in [0, 0.1) is 5.92 Å². The molecule has 0 aliphatic heterocycles. The lowest BCUT2D eigenvalue weighted by Gasteiger charge is -2.17. The molecule has 20 heavy (non-hydrogen) atoms. The van der Waals surface area contributed by atoms with Gasteiger partial charge in [-0.2, -0.15) is 0 Å². The van der Waals surface area contributed by atoms with Crippen LogP contribution in [0.4, 0.5) is 11.4 Å². The zero-order valence-electron chi connectivity index (χ0n) is 12.7. The number of nitrogen functional groups attached to an aromatic ring is 1. The van der Waals surface area contributed by atoms with Crippen LogP contribution in [0.5, 0.6) is 0 Å². The number of rotatable bonds is 7. The molecule has 0 aliphatic rings. The molecule has 0 radical (unpaired) electrons. The Kier molecular flexibility index (Phi) is 5.83. The van der Waals surface area contributed by atoms with Crippen LogP contribution in [0.25, 0.3) is 0 Å². The first-order valence-electron chi connectivity index (χ1n) is 6.88. The van der Waals surface area contributed by atoms with Gasteiger partial charge in [0.1, 0.15) is 0 Å². The first-order valence-corrected chi connectivity index (χ1v) is 8.32. The molecule has 0 amide bonds. The Morgan fingerprint density at radius 1 is 1.25 bits per heavy atom. The maximum absolute atomic E-state index is 12.0. The molecule has 0 spiro atoms. The lowest BCUT2D eigenvalue weighted by atomic mass is 10.0. The van der Waals surface area contributed by atoms with E-state index >= 15 is 0 Å². The molecule has 0 atom stereocenters. The Morgan fingerprint density at radius 3 is 2.30 bits per heavy atom. The second-order valence-corrected chi connectivity index (χ2v) is 7.25. The van der Waals surface area contributed by atoms with Crippen molar-refractivity contribution in [3.8, 4) is 0 Å². The molecule has 0 saturated heterocycles. The van der Waals surface area contributed by atoms with E-state index in [9.17, 15) is 8.42 Å². The Morgan fingerprint density at radius 2 is 1.85 bits per heavy atom. The molecule has 0 aliphatic carbocycles. The maximum Gasteiger partial charge on any atom is 0.242 e. The minimum absolute atomic E-state index is 0.216. The summed E-state index contributed by atoms with van der Waals surface area (Å²) in [6, 6.07) is 4.82. The van der Waals surface area contributed by atoms with Gasteiger partial charge < -0.3 is 11.1 Å². The first kappa shape index (κ1) is 16.8. The van der Waals surface area contributed by atoms with E-state index < -0.39 is 10.0 Å². The van der Waals surface area contributed by atoms with Crippen LogP contribution < -0.4 is 11.1 Å². The quantitative estimate of drug-likeness (QED) is 0.758. The van der Waals surface area contributed by atoms with E-state index in [1.165, 1.54) is 24.5 Å². The first-order chi connectivity index (χ1) is 9.32. The normalized spacial score (nSPS) is 12.1. The summed E-state index contributed by atoms with van der Waals surface area (Å²) >= 11 is 0. The summed E-state index contributed by atoms with van der Waals surface area (Å²) in [6.45, 7) is 5.16. The number of nitrogens with zero attached hydrogens (tertiary/aromatic N) is 1. The predicted octanol–water partition coefficient (Wildman–Crippen LogP) is 2.37. The van der Waals surface area contributed by atoms with Gasteiger partial charge in [0.25, 0.3) is 0 Å². The third kappa shape index (κ3) is 3.86. The Hall–Kier alpha value is -1.27. The van der Waals surface area contributed by atoms with Crippen LogP contribution >= 0.6 is 0 Å². The van der Waals surface area contributed by atoms with Gasteiger partial charge in [0.2, 0.25) is 10.0 Å². The number of hydrogen-bond donors (Lipinski definition) is 2. The molecule has 0 saturated carbocycles. The third-order valence-corrected chi connectivity index (χ3v) is 5.35. The number of anilines is 2. The van der Waals surface area contributed by atoms with E-state index in [1.807, 2.05) is 0 Å². The van der Waals surface area contributed by atoms with Crippen LogP contribution in [-0.2, 0) is 10.0 Å². The fourth-order valence-electron chi connectivity index (χ4n) is 1.90. The largest absolute Gasteiger partial charge is 0.397 e. The van der Waals surface area contributed by atoms with E-state index in [4.69, 9.17) is 5.73 Å². The number of hydrogen-bond acceptors (Lipinski definition) is 4. The average Bonchev–Trinajstić information content (AvgIpc) is 2.41. The highest BCUT2D eigenvalue weighted by Gasteiger charge is 2.18. The summed E-state index contributed by atoms with van der Waals surface area (Å²) in [4.78, 5) is 0.216. The second kappa shape index (κ2) is 6.95. The average molecular weight is 299 g/mol. The highest BCUT2D eigenvalue weighted by Crippen LogP contribution is 2.24. The molecule has 1 aromatic rings. The van der Waals surface area contributed by atoms with Gasteiger partial charge in [0.05, 0.1) is 16.3 Å². The van der Waals surface area contributed by atoms with E-state index in [-0.39, 0.29) is 4.90 Å². The number of nitrogens with two attached hydrogens (primary N) is 1. The monoisotopic (exact) mass is 299 g/mol. The summed E-state index contributed by atoms with van der Waals surface area (Å²) in [6.07, 6.45) is 2.22. The Labute approximate surface area is 122 Å². The third-order valence-electron chi connectivity index (χ3n) is 3.54. The van der Waals surface area contributed by atoms with Gasteiger partial charge >= 0.3 is 0 Å². The van der Waals surface area contributed by atoms with Gasteiger partial charge in [0.15, 0.2) is 0 Å². The lowest BCUT2D eigenvalue weighted by Crippen LogP contribution is -2.22. The lowest BCUT2D eigenvalue weighted by molar-refractivity contribution is 0.519. The van der Waals surface area contributed by atoms with Gasteiger partial charge in [-0.1, -0.05) is 26.7 Å². The van der Waals surface area contributed by atoms with Gasteiger partial charge in [-0.15, -0.1) is 0 Å². The maximum atomic E-state index is 12.0. The van der Waals surface area contributed by atoms with Crippen LogP contribution in [0.3, 0.4) is 0 Å². The van der Waals surface area contributed by atoms with Crippen LogP contribution in [0.1, 0.15) is 26.7 Å². The van der Waals surface area contributed by atoms with Gasteiger partial charge in [-0.05, 0) is 24.1 Å². The molecular formula is C14H25N3O2S. The fraction of sp³-hybridized carbons (Fsp3) is 0.571. The predicted molar refractivity (Wildman–Crippen MR) is 84.3 cm³/mol. The smallest absolute Gasteiger partial charge is 0.242 e. The molecule has 114 valence electrons. The summed E-state index contributed by atoms with van der Waals surface area (Å²) < 4.78 is 25.2. The van der Waals surface area contributed by atoms with Crippen LogP contribution in [0.15, 0.2) is 23.1 Å². The molecule has 0 heterocycles. The van der Waals surface area contributed by atoms with Crippen LogP contribution in [-0.4, -0.2) is 33.4 Å². The number of benzene rings is 1. The minimum Gasteiger partial charge on any atom is -0.397 e. The summed E-state index contributed by atoms with van der Waals surface area (Å²) in [5.74, 6) is 0.597. The Balaban J connectivity index is 2.89. The van der Waals surface area contributed by atoms with E-state index in [2.05, 4.69) is 19.2 Å². The molecule has 0 aromatic heterocycles. The van der Waals surface area contributed by atoms with E-state index in [1.54, 1.807) is 12.1 Å². The molecule has 3 N–H and O–H groups in total. The summed E-state index contributed by atoms with van der Waals surface area (Å²) in [5.41, 5.74) is 7.19. The zero-order valence-corrected chi connectivity index (χ0v) is 13.5. The zero-order chi connectivity index (χ0) is 15.3. The molecular weight excluding hydrogens is 274 g/mol. The molecule has 1 rings (SSSR count). The number of nitrogens with one attached hydrogen (secondary N) is 1. The number of sulfonamides is 1. The van der Waals surface area contributed by atoms with Crippen molar-refractivity contribution < 1.29 is 8.42 Å². The van der Waals surface area contributed by atoms with Crippen molar-refractivity contribution in [2.45, 2.75) is 31.6 Å². The van der Waals surface area contributed by atoms with E-state index in [0.29, 0.717) is 11.6 Å². The van der Waals surface area contributed by atoms with Crippen molar-refractivity contribution in [3.05, 3.63) is 18.2 Å². The van der Waals surface area contributed by atoms with Gasteiger partial charge in [-0.25, -0.2) is 12.7 Å². The minimum atomic E-state index is -3.43. The highest BCUT2D eigenvalue weighted by molar-refractivity contribution is 7.89. The molecule has 0 bridgehead atoms. The highest BCUT2D eigenvalue weighted by atomic mass is 32.2. The molecule has 5 nitrogen and oxygen atoms in total. The molecule has 0 unspecified atom stereocenters. The fourth-order valence-corrected chi connectivity index (χ4v) is 2.84. The summed E-state index contributed by atoms with van der Waals surface area (Å²) in [5, 5.41) is 3.29. The van der Waals surface area contributed by atoms with E-state index in [0.717, 1.165) is 25.1 Å². The van der Waals surface area contributed by atoms with Crippen molar-refractivity contribution in [3.63, 3.8) is 0 Å². The molecule has 1 aromatic carbocycles. The van der Waals surface area contributed by atoms with Crippen molar-refractivity contribution in [2.24, 2.45) is 5.92 Å². The molecule has 6 heteroatoms. The summed E-state index contributed by atoms with van der Waals surface area (Å²) in [7, 11) is -0.422. The standard InChI is InChI=1S/C14H25N3O2S/c1-5-11(6-2)10-16-14-8-7-12(9-13(14)15)20(18,19)17(3)4/h7-9,11,16H,5-6,10,15H2,1-4H3. The van der Waals surface area contributed by atoms with Crippen molar-refractivity contribution >= 4 is 21.4 Å². The molecule has 0 fully saturated rings. The van der Waals surface area contributed by atoms with Crippen molar-refractivity contribution in [1.82, 2.24) is 4.31 Å². The topological polar surface area (TPSA) is 75.4 Å². The van der Waals surface area contributed by atoms with Crippen LogP contribution in [0.2, 0.25) is 0 Å². The SMILES string of the molecule is CCC(CC)CNc1ccc(S(=O)(=O)N(C)C)cc1N. The second-order valence-electron chi connectivity index (χ2n) is 5.10. The Bertz CT molecular complexity index is 537.